The zero-order valence-corrected chi connectivity index (χ0v) is 15.4. The van der Waals surface area contributed by atoms with Crippen LogP contribution in [0.15, 0.2) is 43.0 Å². The molecule has 1 N–H and O–H groups in total. The Balaban J connectivity index is 1.58. The topological polar surface area (TPSA) is 58.6 Å². The predicted octanol–water partition coefficient (Wildman–Crippen LogP) is 2.70. The van der Waals surface area contributed by atoms with Crippen LogP contribution in [0.2, 0.25) is 0 Å². The van der Waals surface area contributed by atoms with Crippen LogP contribution in [0.25, 0.3) is 0 Å². The second-order valence-corrected chi connectivity index (χ2v) is 7.66. The van der Waals surface area contributed by atoms with Crippen molar-refractivity contribution in [2.24, 2.45) is 11.3 Å². The van der Waals surface area contributed by atoms with E-state index in [-0.39, 0.29) is 29.3 Å². The second-order valence-electron chi connectivity index (χ2n) is 7.66. The van der Waals surface area contributed by atoms with E-state index in [1.54, 1.807) is 0 Å². The summed E-state index contributed by atoms with van der Waals surface area (Å²) in [5.74, 6) is -0.0331. The lowest BCUT2D eigenvalue weighted by atomic mass is 9.79. The van der Waals surface area contributed by atoms with Gasteiger partial charge in [0.05, 0.1) is 12.0 Å². The van der Waals surface area contributed by atoms with Crippen molar-refractivity contribution < 1.29 is 14.3 Å². The Morgan fingerprint density at radius 2 is 2.00 bits per heavy atom. The first-order valence-electron chi connectivity index (χ1n) is 9.38. The molecule has 0 aliphatic carbocycles. The number of carbonyl (C=O) groups is 2. The number of piperidine rings is 1. The van der Waals surface area contributed by atoms with Crippen molar-refractivity contribution in [3.05, 3.63) is 48.6 Å². The highest BCUT2D eigenvalue weighted by Gasteiger charge is 2.40. The standard InChI is InChI=1S/C21H28N2O3/c1-3-18(24)22-15-21(2)10-12-23(13-11-21)20(25)17-9-14-26-19(17)16-7-5-4-6-8-16/h3-8,17,19H,1,9-15H2,2H3,(H,22,24)/t17-,19+/m1/s1. The van der Waals surface area contributed by atoms with Crippen LogP contribution in [0.1, 0.15) is 37.9 Å². The molecule has 140 valence electrons. The average molecular weight is 356 g/mol. The van der Waals surface area contributed by atoms with Gasteiger partial charge in [-0.1, -0.05) is 43.8 Å². The lowest BCUT2D eigenvalue weighted by molar-refractivity contribution is -0.139. The third-order valence-corrected chi connectivity index (χ3v) is 5.69. The molecule has 2 atom stereocenters. The first-order chi connectivity index (χ1) is 12.5. The fourth-order valence-electron chi connectivity index (χ4n) is 3.86. The van der Waals surface area contributed by atoms with Gasteiger partial charge in [-0.15, -0.1) is 0 Å². The van der Waals surface area contributed by atoms with Gasteiger partial charge in [-0.3, -0.25) is 9.59 Å². The number of nitrogens with one attached hydrogen (secondary N) is 1. The van der Waals surface area contributed by atoms with Crippen molar-refractivity contribution in [1.82, 2.24) is 10.2 Å². The number of likely N-dealkylation sites (tertiary alicyclic amines) is 1. The molecule has 3 rings (SSSR count). The molecule has 1 aromatic carbocycles. The number of ether oxygens (including phenoxy) is 1. The van der Waals surface area contributed by atoms with Crippen molar-refractivity contribution in [1.29, 1.82) is 0 Å². The fourth-order valence-corrected chi connectivity index (χ4v) is 3.86. The zero-order valence-electron chi connectivity index (χ0n) is 15.4. The maximum atomic E-state index is 13.1. The van der Waals surface area contributed by atoms with Crippen LogP contribution in [0, 0.1) is 11.3 Å². The molecule has 26 heavy (non-hydrogen) atoms. The lowest BCUT2D eigenvalue weighted by Gasteiger charge is -2.40. The van der Waals surface area contributed by atoms with Gasteiger partial charge in [0.25, 0.3) is 0 Å². The maximum absolute atomic E-state index is 13.1. The van der Waals surface area contributed by atoms with E-state index in [0.717, 1.165) is 37.9 Å². The summed E-state index contributed by atoms with van der Waals surface area (Å²) in [5.41, 5.74) is 1.11. The molecule has 2 amide bonds. The largest absolute Gasteiger partial charge is 0.373 e. The normalized spacial score (nSPS) is 24.9. The summed E-state index contributed by atoms with van der Waals surface area (Å²) in [4.78, 5) is 26.5. The summed E-state index contributed by atoms with van der Waals surface area (Å²) in [6.45, 7) is 8.38. The number of amides is 2. The molecule has 0 aromatic heterocycles. The van der Waals surface area contributed by atoms with Crippen molar-refractivity contribution in [2.45, 2.75) is 32.3 Å². The monoisotopic (exact) mass is 356 g/mol. The molecular formula is C21H28N2O3. The molecule has 2 aliphatic rings. The highest BCUT2D eigenvalue weighted by Crippen LogP contribution is 2.37. The Morgan fingerprint density at radius 1 is 1.31 bits per heavy atom. The minimum atomic E-state index is -0.140. The van der Waals surface area contributed by atoms with Gasteiger partial charge in [0.15, 0.2) is 0 Å². The zero-order chi connectivity index (χ0) is 18.6. The number of nitrogens with zero attached hydrogens (tertiary/aromatic N) is 1. The summed E-state index contributed by atoms with van der Waals surface area (Å²) >= 11 is 0. The Morgan fingerprint density at radius 3 is 2.65 bits per heavy atom. The quantitative estimate of drug-likeness (QED) is 0.825. The van der Waals surface area contributed by atoms with Gasteiger partial charge >= 0.3 is 0 Å². The van der Waals surface area contributed by atoms with Crippen molar-refractivity contribution in [3.63, 3.8) is 0 Å². The predicted molar refractivity (Wildman–Crippen MR) is 100 cm³/mol. The molecule has 0 unspecified atom stereocenters. The van der Waals surface area contributed by atoms with Gasteiger partial charge in [-0.25, -0.2) is 0 Å². The van der Waals surface area contributed by atoms with Crippen molar-refractivity contribution in [2.75, 3.05) is 26.2 Å². The molecule has 2 saturated heterocycles. The second kappa shape index (κ2) is 8.04. The molecule has 2 fully saturated rings. The highest BCUT2D eigenvalue weighted by atomic mass is 16.5. The Hall–Kier alpha value is -2.14. The number of hydrogen-bond donors (Lipinski definition) is 1. The van der Waals surface area contributed by atoms with Crippen LogP contribution < -0.4 is 5.32 Å². The Bertz CT molecular complexity index is 650. The molecule has 0 bridgehead atoms. The summed E-state index contributed by atoms with van der Waals surface area (Å²) in [7, 11) is 0. The molecule has 1 aromatic rings. The van der Waals surface area contributed by atoms with Crippen LogP contribution >= 0.6 is 0 Å². The minimum Gasteiger partial charge on any atom is -0.373 e. The number of benzene rings is 1. The highest BCUT2D eigenvalue weighted by molar-refractivity contribution is 5.86. The molecular weight excluding hydrogens is 328 g/mol. The van der Waals surface area contributed by atoms with E-state index in [1.165, 1.54) is 6.08 Å². The first-order valence-corrected chi connectivity index (χ1v) is 9.38. The summed E-state index contributed by atoms with van der Waals surface area (Å²) in [6.07, 6.45) is 3.72. The van der Waals surface area contributed by atoms with E-state index >= 15 is 0 Å². The average Bonchev–Trinajstić information content (AvgIpc) is 3.17. The first kappa shape index (κ1) is 18.6. The van der Waals surface area contributed by atoms with Crippen molar-refractivity contribution in [3.8, 4) is 0 Å². The van der Waals surface area contributed by atoms with Gasteiger partial charge in [-0.05, 0) is 36.3 Å². The van der Waals surface area contributed by atoms with Gasteiger partial charge < -0.3 is 15.0 Å². The van der Waals surface area contributed by atoms with Gasteiger partial charge in [0, 0.05) is 26.2 Å². The number of hydrogen-bond acceptors (Lipinski definition) is 3. The van der Waals surface area contributed by atoms with E-state index in [4.69, 9.17) is 4.74 Å². The van der Waals surface area contributed by atoms with Crippen LogP contribution in [0.3, 0.4) is 0 Å². The lowest BCUT2D eigenvalue weighted by Crippen LogP contribution is -2.48. The van der Waals surface area contributed by atoms with E-state index in [2.05, 4.69) is 18.8 Å². The number of carbonyl (C=O) groups excluding carboxylic acids is 2. The maximum Gasteiger partial charge on any atom is 0.243 e. The molecule has 0 radical (unpaired) electrons. The summed E-state index contributed by atoms with van der Waals surface area (Å²) in [5, 5.41) is 2.89. The third kappa shape index (κ3) is 4.15. The summed E-state index contributed by atoms with van der Waals surface area (Å²) in [6, 6.07) is 10.0. The smallest absolute Gasteiger partial charge is 0.243 e. The van der Waals surface area contributed by atoms with Crippen molar-refractivity contribution >= 4 is 11.8 Å². The van der Waals surface area contributed by atoms with E-state index in [1.807, 2.05) is 35.2 Å². The molecule has 0 saturated carbocycles. The molecule has 2 heterocycles. The molecule has 5 heteroatoms. The van der Waals surface area contributed by atoms with Gasteiger partial charge in [0.1, 0.15) is 0 Å². The summed E-state index contributed by atoms with van der Waals surface area (Å²) < 4.78 is 5.88. The third-order valence-electron chi connectivity index (χ3n) is 5.69. The van der Waals surface area contributed by atoms with E-state index in [9.17, 15) is 9.59 Å². The van der Waals surface area contributed by atoms with Crippen LogP contribution in [-0.2, 0) is 14.3 Å². The fraction of sp³-hybridized carbons (Fsp3) is 0.524. The SMILES string of the molecule is C=CC(=O)NCC1(C)CCN(C(=O)[C@@H]2CCO[C@H]2c2ccccc2)CC1. The molecule has 0 spiro atoms. The van der Waals surface area contributed by atoms with E-state index < -0.39 is 0 Å². The minimum absolute atomic E-state index is 0.0282. The van der Waals surface area contributed by atoms with E-state index in [0.29, 0.717) is 13.2 Å². The van der Waals surface area contributed by atoms with Crippen LogP contribution in [-0.4, -0.2) is 43.0 Å². The molecule has 5 nitrogen and oxygen atoms in total. The van der Waals surface area contributed by atoms with Gasteiger partial charge in [0.2, 0.25) is 11.8 Å². The number of rotatable bonds is 5. The van der Waals surface area contributed by atoms with Crippen LogP contribution in [0.4, 0.5) is 0 Å². The Labute approximate surface area is 155 Å². The van der Waals surface area contributed by atoms with Crippen LogP contribution in [0.5, 0.6) is 0 Å². The molecule has 2 aliphatic heterocycles. The Kier molecular flexibility index (Phi) is 5.77. The van der Waals surface area contributed by atoms with Gasteiger partial charge in [-0.2, -0.15) is 0 Å².